The lowest BCUT2D eigenvalue weighted by Gasteiger charge is -1.96. The molecule has 0 aromatic carbocycles. The van der Waals surface area contributed by atoms with Gasteiger partial charge in [-0.1, -0.05) is 0 Å². The Labute approximate surface area is 72.8 Å². The smallest absolute Gasteiger partial charge is 0.0670 e. The molecule has 0 amide bonds. The normalized spacial score (nSPS) is 17.1. The highest BCUT2D eigenvalue weighted by Gasteiger charge is 2.10. The van der Waals surface area contributed by atoms with Crippen molar-refractivity contribution >= 4 is 0 Å². The molecular weight excluding hydrogens is 150 g/mol. The van der Waals surface area contributed by atoms with Gasteiger partial charge in [-0.15, -0.1) is 0 Å². The summed E-state index contributed by atoms with van der Waals surface area (Å²) >= 11 is 0. The highest BCUT2D eigenvalue weighted by Crippen LogP contribution is 2.11. The summed E-state index contributed by atoms with van der Waals surface area (Å²) in [6.45, 7) is 5.23. The van der Waals surface area contributed by atoms with Gasteiger partial charge in [0.15, 0.2) is 0 Å². The molecule has 1 aliphatic heterocycles. The van der Waals surface area contributed by atoms with E-state index in [2.05, 4.69) is 23.5 Å². The zero-order chi connectivity index (χ0) is 8.39. The van der Waals surface area contributed by atoms with Gasteiger partial charge >= 0.3 is 0 Å². The van der Waals surface area contributed by atoms with E-state index < -0.39 is 0 Å². The van der Waals surface area contributed by atoms with E-state index in [1.807, 2.05) is 4.68 Å². The molecule has 1 aromatic heterocycles. The molecule has 0 saturated carbocycles. The van der Waals surface area contributed by atoms with Gasteiger partial charge in [0.2, 0.25) is 0 Å². The predicted octanol–water partition coefficient (Wildman–Crippen LogP) is 0.939. The summed E-state index contributed by atoms with van der Waals surface area (Å²) in [6.07, 6.45) is 4.51. The number of hydrogen-bond donors (Lipinski definition) is 1. The quantitative estimate of drug-likeness (QED) is 0.671. The van der Waals surface area contributed by atoms with Gasteiger partial charge in [-0.3, -0.25) is 4.68 Å². The molecule has 0 saturated heterocycles. The van der Waals surface area contributed by atoms with E-state index in [4.69, 9.17) is 0 Å². The van der Waals surface area contributed by atoms with E-state index in [1.54, 1.807) is 0 Å². The molecule has 0 fully saturated rings. The van der Waals surface area contributed by atoms with Crippen LogP contribution in [0, 0.1) is 0 Å². The predicted molar refractivity (Wildman–Crippen MR) is 47.9 cm³/mol. The Kier molecular flexibility index (Phi) is 2.13. The molecule has 1 N–H and O–H groups in total. The zero-order valence-corrected chi connectivity index (χ0v) is 7.51. The first-order chi connectivity index (χ1) is 5.90. The van der Waals surface area contributed by atoms with Crippen molar-refractivity contribution in [3.05, 3.63) is 17.5 Å². The van der Waals surface area contributed by atoms with Crippen LogP contribution in [0.3, 0.4) is 0 Å². The maximum atomic E-state index is 4.51. The Balaban J connectivity index is 2.26. The van der Waals surface area contributed by atoms with Gasteiger partial charge in [0.05, 0.1) is 5.69 Å². The first-order valence-electron chi connectivity index (χ1n) is 4.66. The fourth-order valence-corrected chi connectivity index (χ4v) is 1.63. The maximum Gasteiger partial charge on any atom is 0.0670 e. The summed E-state index contributed by atoms with van der Waals surface area (Å²) < 4.78 is 2.03. The van der Waals surface area contributed by atoms with Crippen LogP contribution in [-0.2, 0) is 19.5 Å². The fourth-order valence-electron chi connectivity index (χ4n) is 1.63. The molecule has 0 aliphatic carbocycles. The molecule has 2 rings (SSSR count). The van der Waals surface area contributed by atoms with Crippen molar-refractivity contribution in [2.75, 3.05) is 6.54 Å². The second kappa shape index (κ2) is 3.27. The van der Waals surface area contributed by atoms with Gasteiger partial charge in [-0.05, 0) is 26.3 Å². The minimum absolute atomic E-state index is 0.979. The van der Waals surface area contributed by atoms with Gasteiger partial charge in [0.25, 0.3) is 0 Å². The molecule has 1 aliphatic rings. The lowest BCUT2D eigenvalue weighted by Crippen LogP contribution is -2.11. The average Bonchev–Trinajstić information content (AvgIpc) is 2.37. The zero-order valence-electron chi connectivity index (χ0n) is 7.51. The standard InChI is InChI=1S/C9H15N3/c1-2-12-7-8-6-10-5-3-4-9(8)11-12/h7,10H,2-6H2,1H3. The van der Waals surface area contributed by atoms with E-state index in [9.17, 15) is 0 Å². The van der Waals surface area contributed by atoms with Gasteiger partial charge < -0.3 is 5.32 Å². The Morgan fingerprint density at radius 1 is 1.67 bits per heavy atom. The van der Waals surface area contributed by atoms with Crippen molar-refractivity contribution in [2.24, 2.45) is 0 Å². The molecule has 12 heavy (non-hydrogen) atoms. The number of fused-ring (bicyclic) bond motifs is 1. The second-order valence-electron chi connectivity index (χ2n) is 3.24. The van der Waals surface area contributed by atoms with Crippen LogP contribution in [0.15, 0.2) is 6.20 Å². The van der Waals surface area contributed by atoms with Crippen molar-refractivity contribution in [1.29, 1.82) is 0 Å². The third-order valence-corrected chi connectivity index (χ3v) is 2.33. The highest BCUT2D eigenvalue weighted by atomic mass is 15.3. The summed E-state index contributed by atoms with van der Waals surface area (Å²) in [5, 5.41) is 7.89. The highest BCUT2D eigenvalue weighted by molar-refractivity contribution is 5.18. The summed E-state index contributed by atoms with van der Waals surface area (Å²) in [6, 6.07) is 0. The molecule has 3 heteroatoms. The van der Waals surface area contributed by atoms with Crippen molar-refractivity contribution in [1.82, 2.24) is 15.1 Å². The van der Waals surface area contributed by atoms with Crippen LogP contribution in [0.4, 0.5) is 0 Å². The number of nitrogens with zero attached hydrogens (tertiary/aromatic N) is 2. The first-order valence-corrected chi connectivity index (χ1v) is 4.66. The average molecular weight is 165 g/mol. The Morgan fingerprint density at radius 2 is 2.58 bits per heavy atom. The SMILES string of the molecule is CCn1cc2c(n1)CCCNC2. The van der Waals surface area contributed by atoms with Gasteiger partial charge in [-0.25, -0.2) is 0 Å². The first kappa shape index (κ1) is 7.80. The fraction of sp³-hybridized carbons (Fsp3) is 0.667. The monoisotopic (exact) mass is 165 g/mol. The number of aromatic nitrogens is 2. The Hall–Kier alpha value is -0.830. The lowest BCUT2D eigenvalue weighted by molar-refractivity contribution is 0.625. The maximum absolute atomic E-state index is 4.51. The summed E-state index contributed by atoms with van der Waals surface area (Å²) in [5.74, 6) is 0. The van der Waals surface area contributed by atoms with Crippen LogP contribution >= 0.6 is 0 Å². The third kappa shape index (κ3) is 1.37. The molecule has 3 nitrogen and oxygen atoms in total. The molecule has 0 spiro atoms. The van der Waals surface area contributed by atoms with Crippen molar-refractivity contribution < 1.29 is 0 Å². The molecule has 1 aromatic rings. The van der Waals surface area contributed by atoms with Crippen LogP contribution in [0.2, 0.25) is 0 Å². The van der Waals surface area contributed by atoms with Crippen molar-refractivity contribution in [3.8, 4) is 0 Å². The number of hydrogen-bond acceptors (Lipinski definition) is 2. The van der Waals surface area contributed by atoms with Crippen LogP contribution in [-0.4, -0.2) is 16.3 Å². The molecule has 2 heterocycles. The Morgan fingerprint density at radius 3 is 3.42 bits per heavy atom. The molecular formula is C9H15N3. The number of nitrogens with one attached hydrogen (secondary N) is 1. The largest absolute Gasteiger partial charge is 0.313 e. The van der Waals surface area contributed by atoms with E-state index in [0.717, 1.165) is 26.1 Å². The van der Waals surface area contributed by atoms with E-state index in [1.165, 1.54) is 17.7 Å². The second-order valence-corrected chi connectivity index (χ2v) is 3.24. The lowest BCUT2D eigenvalue weighted by atomic mass is 10.2. The van der Waals surface area contributed by atoms with E-state index >= 15 is 0 Å². The summed E-state index contributed by atoms with van der Waals surface area (Å²) in [5.41, 5.74) is 2.68. The van der Waals surface area contributed by atoms with Crippen LogP contribution in [0.1, 0.15) is 24.6 Å². The third-order valence-electron chi connectivity index (χ3n) is 2.33. The van der Waals surface area contributed by atoms with Gasteiger partial charge in [0, 0.05) is 24.8 Å². The van der Waals surface area contributed by atoms with Crippen LogP contribution < -0.4 is 5.32 Å². The van der Waals surface area contributed by atoms with E-state index in [-0.39, 0.29) is 0 Å². The topological polar surface area (TPSA) is 29.9 Å². The number of rotatable bonds is 1. The minimum atomic E-state index is 0.979. The van der Waals surface area contributed by atoms with Gasteiger partial charge in [0.1, 0.15) is 0 Å². The molecule has 0 atom stereocenters. The van der Waals surface area contributed by atoms with E-state index in [0.29, 0.717) is 0 Å². The molecule has 66 valence electrons. The van der Waals surface area contributed by atoms with Crippen molar-refractivity contribution in [3.63, 3.8) is 0 Å². The van der Waals surface area contributed by atoms with Crippen LogP contribution in [0.25, 0.3) is 0 Å². The molecule has 0 bridgehead atoms. The van der Waals surface area contributed by atoms with Gasteiger partial charge in [-0.2, -0.15) is 5.10 Å². The Bertz CT molecular complexity index is 241. The van der Waals surface area contributed by atoms with Crippen molar-refractivity contribution in [2.45, 2.75) is 32.9 Å². The molecule has 0 radical (unpaired) electrons. The minimum Gasteiger partial charge on any atom is -0.313 e. The summed E-state index contributed by atoms with van der Waals surface area (Å²) in [7, 11) is 0. The van der Waals surface area contributed by atoms with Crippen LogP contribution in [0.5, 0.6) is 0 Å². The summed E-state index contributed by atoms with van der Waals surface area (Å²) in [4.78, 5) is 0. The molecule has 0 unspecified atom stereocenters. The number of aryl methyl sites for hydroxylation is 2.